The van der Waals surface area contributed by atoms with Crippen LogP contribution in [0.4, 0.5) is 5.69 Å². The van der Waals surface area contributed by atoms with Gasteiger partial charge >= 0.3 is 0 Å². The molecule has 3 aromatic carbocycles. The molecule has 0 aliphatic rings. The quantitative estimate of drug-likeness (QED) is 0.392. The average molecular weight is 498 g/mol. The molecule has 0 aliphatic heterocycles. The van der Waals surface area contributed by atoms with E-state index in [1.807, 2.05) is 30.3 Å². The van der Waals surface area contributed by atoms with Crippen LogP contribution in [0.1, 0.15) is 17.5 Å². The largest absolute Gasteiger partial charge is 0.325 e. The van der Waals surface area contributed by atoms with Crippen molar-refractivity contribution in [3.8, 4) is 0 Å². The number of halogens is 3. The SMILES string of the molecule is O=C(CCc1ccc(S(=O)(=O)NCc2ccccc2)cc1)Nc1cc(Cl)c(Cl)cc1Cl. The Morgan fingerprint density at radius 3 is 2.13 bits per heavy atom. The Morgan fingerprint density at radius 2 is 1.45 bits per heavy atom. The van der Waals surface area contributed by atoms with E-state index >= 15 is 0 Å². The number of sulfonamides is 1. The maximum Gasteiger partial charge on any atom is 0.240 e. The Balaban J connectivity index is 1.55. The Labute approximate surface area is 196 Å². The van der Waals surface area contributed by atoms with Crippen molar-refractivity contribution in [2.75, 3.05) is 5.32 Å². The van der Waals surface area contributed by atoms with Crippen LogP contribution in [0, 0.1) is 0 Å². The molecular weight excluding hydrogens is 479 g/mol. The van der Waals surface area contributed by atoms with Gasteiger partial charge in [-0.2, -0.15) is 0 Å². The molecule has 0 atom stereocenters. The number of hydrogen-bond donors (Lipinski definition) is 2. The van der Waals surface area contributed by atoms with Crippen molar-refractivity contribution in [3.63, 3.8) is 0 Å². The summed E-state index contributed by atoms with van der Waals surface area (Å²) in [5.41, 5.74) is 2.08. The lowest BCUT2D eigenvalue weighted by atomic mass is 10.1. The predicted octanol–water partition coefficient (Wildman–Crippen LogP) is 5.70. The zero-order valence-corrected chi connectivity index (χ0v) is 19.3. The van der Waals surface area contributed by atoms with Gasteiger partial charge in [0.1, 0.15) is 0 Å². The minimum atomic E-state index is -3.63. The van der Waals surface area contributed by atoms with Crippen molar-refractivity contribution in [2.24, 2.45) is 0 Å². The van der Waals surface area contributed by atoms with Crippen LogP contribution >= 0.6 is 34.8 Å². The van der Waals surface area contributed by atoms with E-state index in [2.05, 4.69) is 10.0 Å². The first-order valence-electron chi connectivity index (χ1n) is 9.31. The molecule has 31 heavy (non-hydrogen) atoms. The van der Waals surface area contributed by atoms with Crippen LogP contribution in [0.25, 0.3) is 0 Å². The van der Waals surface area contributed by atoms with Crippen molar-refractivity contribution in [1.82, 2.24) is 4.72 Å². The smallest absolute Gasteiger partial charge is 0.240 e. The lowest BCUT2D eigenvalue weighted by Gasteiger charge is -2.10. The van der Waals surface area contributed by atoms with Gasteiger partial charge in [-0.3, -0.25) is 4.79 Å². The van der Waals surface area contributed by atoms with Crippen molar-refractivity contribution >= 4 is 56.4 Å². The van der Waals surface area contributed by atoms with E-state index in [1.54, 1.807) is 12.1 Å². The van der Waals surface area contributed by atoms with E-state index < -0.39 is 10.0 Å². The highest BCUT2D eigenvalue weighted by Crippen LogP contribution is 2.32. The summed E-state index contributed by atoms with van der Waals surface area (Å²) >= 11 is 17.9. The molecule has 0 unspecified atom stereocenters. The van der Waals surface area contributed by atoms with Gasteiger partial charge < -0.3 is 5.32 Å². The Kier molecular flexibility index (Phi) is 7.97. The van der Waals surface area contributed by atoms with Gasteiger partial charge in [0.15, 0.2) is 0 Å². The van der Waals surface area contributed by atoms with E-state index in [-0.39, 0.29) is 23.8 Å². The number of amides is 1. The second-order valence-corrected chi connectivity index (χ2v) is 9.74. The van der Waals surface area contributed by atoms with Gasteiger partial charge in [-0.25, -0.2) is 13.1 Å². The van der Waals surface area contributed by atoms with Gasteiger partial charge in [-0.05, 0) is 41.8 Å². The van der Waals surface area contributed by atoms with Crippen molar-refractivity contribution in [1.29, 1.82) is 0 Å². The molecule has 9 heteroatoms. The number of hydrogen-bond acceptors (Lipinski definition) is 3. The highest BCUT2D eigenvalue weighted by atomic mass is 35.5. The summed E-state index contributed by atoms with van der Waals surface area (Å²) in [5, 5.41) is 3.58. The fourth-order valence-electron chi connectivity index (χ4n) is 2.78. The first-order chi connectivity index (χ1) is 14.7. The van der Waals surface area contributed by atoms with Gasteiger partial charge in [0.05, 0.1) is 25.7 Å². The minimum absolute atomic E-state index is 0.166. The maximum absolute atomic E-state index is 12.5. The number of carbonyl (C=O) groups is 1. The molecule has 1 amide bonds. The van der Waals surface area contributed by atoms with Gasteiger partial charge in [-0.15, -0.1) is 0 Å². The van der Waals surface area contributed by atoms with Crippen molar-refractivity contribution in [2.45, 2.75) is 24.3 Å². The molecule has 0 aliphatic carbocycles. The maximum atomic E-state index is 12.5. The van der Waals surface area contributed by atoms with Crippen LogP contribution in [0.3, 0.4) is 0 Å². The average Bonchev–Trinajstić information content (AvgIpc) is 2.76. The highest BCUT2D eigenvalue weighted by molar-refractivity contribution is 7.89. The summed E-state index contributed by atoms with van der Waals surface area (Å²) in [7, 11) is -3.63. The van der Waals surface area contributed by atoms with E-state index in [4.69, 9.17) is 34.8 Å². The number of carbonyl (C=O) groups excluding carboxylic acids is 1. The first kappa shape index (κ1) is 23.6. The third-order valence-corrected chi connectivity index (χ3v) is 6.92. The molecule has 2 N–H and O–H groups in total. The summed E-state index contributed by atoms with van der Waals surface area (Å²) in [5.74, 6) is -0.249. The zero-order valence-electron chi connectivity index (χ0n) is 16.2. The third kappa shape index (κ3) is 6.69. The zero-order chi connectivity index (χ0) is 22.4. The molecule has 162 valence electrons. The molecule has 0 spiro atoms. The molecule has 3 rings (SSSR count). The topological polar surface area (TPSA) is 75.3 Å². The highest BCUT2D eigenvalue weighted by Gasteiger charge is 2.14. The standard InChI is InChI=1S/C22H19Cl3N2O3S/c23-18-12-20(25)21(13-19(18)24)27-22(28)11-8-15-6-9-17(10-7-15)31(29,30)26-14-16-4-2-1-3-5-16/h1-7,9-10,12-13,26H,8,11,14H2,(H,27,28). The summed E-state index contributed by atoms with van der Waals surface area (Å²) in [6.07, 6.45) is 0.622. The summed E-state index contributed by atoms with van der Waals surface area (Å²) in [6, 6.07) is 18.7. The third-order valence-electron chi connectivity index (χ3n) is 4.47. The van der Waals surface area contributed by atoms with E-state index in [1.165, 1.54) is 24.3 Å². The molecule has 0 saturated carbocycles. The molecule has 0 fully saturated rings. The predicted molar refractivity (Wildman–Crippen MR) is 125 cm³/mol. The number of anilines is 1. The van der Waals surface area contributed by atoms with Crippen molar-refractivity contribution in [3.05, 3.63) is 92.9 Å². The lowest BCUT2D eigenvalue weighted by Crippen LogP contribution is -2.23. The normalized spacial score (nSPS) is 11.3. The van der Waals surface area contributed by atoms with Gasteiger partial charge in [0, 0.05) is 13.0 Å². The Morgan fingerprint density at radius 1 is 0.806 bits per heavy atom. The number of nitrogens with one attached hydrogen (secondary N) is 2. The lowest BCUT2D eigenvalue weighted by molar-refractivity contribution is -0.116. The molecule has 0 heterocycles. The molecule has 3 aromatic rings. The van der Waals surface area contributed by atoms with Crippen LogP contribution in [0.15, 0.2) is 71.6 Å². The van der Waals surface area contributed by atoms with Crippen LogP contribution in [0.2, 0.25) is 15.1 Å². The second kappa shape index (κ2) is 10.5. The van der Waals surface area contributed by atoms with E-state index in [0.29, 0.717) is 27.2 Å². The Bertz CT molecular complexity index is 1170. The molecular formula is C22H19Cl3N2O3S. The fourth-order valence-corrected chi connectivity index (χ4v) is 4.39. The summed E-state index contributed by atoms with van der Waals surface area (Å²) in [6.45, 7) is 0.211. The van der Waals surface area contributed by atoms with Crippen LogP contribution in [-0.2, 0) is 27.8 Å². The van der Waals surface area contributed by atoms with Crippen molar-refractivity contribution < 1.29 is 13.2 Å². The van der Waals surface area contributed by atoms with E-state index in [0.717, 1.165) is 11.1 Å². The van der Waals surface area contributed by atoms with Crippen LogP contribution in [0.5, 0.6) is 0 Å². The molecule has 0 saturated heterocycles. The summed E-state index contributed by atoms with van der Waals surface area (Å²) < 4.78 is 27.5. The number of rotatable bonds is 8. The van der Waals surface area contributed by atoms with Gasteiger partial charge in [0.25, 0.3) is 0 Å². The first-order valence-corrected chi connectivity index (χ1v) is 11.9. The molecule has 0 aromatic heterocycles. The Hall–Kier alpha value is -2.09. The number of aryl methyl sites for hydroxylation is 1. The molecule has 0 bridgehead atoms. The molecule has 0 radical (unpaired) electrons. The van der Waals surface area contributed by atoms with E-state index in [9.17, 15) is 13.2 Å². The fraction of sp³-hybridized carbons (Fsp3) is 0.136. The van der Waals surface area contributed by atoms with Crippen LogP contribution < -0.4 is 10.0 Å². The second-order valence-electron chi connectivity index (χ2n) is 6.75. The summed E-state index contributed by atoms with van der Waals surface area (Å²) in [4.78, 5) is 12.4. The molecule has 5 nitrogen and oxygen atoms in total. The van der Waals surface area contributed by atoms with Gasteiger partial charge in [0.2, 0.25) is 15.9 Å². The van der Waals surface area contributed by atoms with Crippen LogP contribution in [-0.4, -0.2) is 14.3 Å². The van der Waals surface area contributed by atoms with Gasteiger partial charge in [-0.1, -0.05) is 77.3 Å². The number of benzene rings is 3. The minimum Gasteiger partial charge on any atom is -0.325 e. The monoisotopic (exact) mass is 496 g/mol.